The van der Waals surface area contributed by atoms with Crippen molar-refractivity contribution < 1.29 is 19.4 Å². The number of hydrogen-bond donors (Lipinski definition) is 2. The quantitative estimate of drug-likeness (QED) is 0.760. The third-order valence-electron chi connectivity index (χ3n) is 4.77. The van der Waals surface area contributed by atoms with Crippen molar-refractivity contribution >= 4 is 5.91 Å². The summed E-state index contributed by atoms with van der Waals surface area (Å²) in [5, 5.41) is 20.8. The molecular formula is C19H26N4O4. The Morgan fingerprint density at radius 2 is 2.30 bits per heavy atom. The summed E-state index contributed by atoms with van der Waals surface area (Å²) in [5.74, 6) is 0.676. The molecule has 146 valence electrons. The van der Waals surface area contributed by atoms with Crippen LogP contribution < -0.4 is 10.1 Å². The average molecular weight is 374 g/mol. The van der Waals surface area contributed by atoms with Crippen molar-refractivity contribution in [2.45, 2.75) is 51.0 Å². The van der Waals surface area contributed by atoms with E-state index in [-0.39, 0.29) is 30.8 Å². The van der Waals surface area contributed by atoms with Crippen LogP contribution in [0.25, 0.3) is 11.3 Å². The molecule has 0 saturated carbocycles. The lowest BCUT2D eigenvalue weighted by molar-refractivity contribution is -0.126. The van der Waals surface area contributed by atoms with Crippen molar-refractivity contribution in [1.82, 2.24) is 20.3 Å². The van der Waals surface area contributed by atoms with Gasteiger partial charge in [0.05, 0.1) is 32.1 Å². The predicted octanol–water partition coefficient (Wildman–Crippen LogP) is 1.39. The van der Waals surface area contributed by atoms with Crippen molar-refractivity contribution in [3.8, 4) is 17.0 Å². The molecule has 0 bridgehead atoms. The normalized spacial score (nSPS) is 22.4. The summed E-state index contributed by atoms with van der Waals surface area (Å²) in [6.45, 7) is 2.04. The van der Waals surface area contributed by atoms with Crippen molar-refractivity contribution in [1.29, 1.82) is 0 Å². The van der Waals surface area contributed by atoms with Crippen molar-refractivity contribution in [2.75, 3.05) is 13.7 Å². The summed E-state index contributed by atoms with van der Waals surface area (Å²) < 4.78 is 13.0. The largest absolute Gasteiger partial charge is 0.497 e. The first-order valence-corrected chi connectivity index (χ1v) is 9.17. The van der Waals surface area contributed by atoms with Crippen LogP contribution in [0.4, 0.5) is 0 Å². The molecule has 1 aliphatic rings. The second kappa shape index (κ2) is 8.96. The van der Waals surface area contributed by atoms with Gasteiger partial charge in [-0.15, -0.1) is 5.10 Å². The van der Waals surface area contributed by atoms with Crippen LogP contribution in [0.2, 0.25) is 0 Å². The first-order chi connectivity index (χ1) is 13.1. The Kier molecular flexibility index (Phi) is 6.41. The first-order valence-electron chi connectivity index (χ1n) is 9.17. The SMILES string of the molecule is COc1cccc(-c2cn(CC[C@H]3CC[C@@H](NC(C)=O)[C@@H](CO)O3)nn2)c1. The molecule has 27 heavy (non-hydrogen) atoms. The number of carbonyl (C=O) groups excluding carboxylic acids is 1. The van der Waals surface area contributed by atoms with Gasteiger partial charge in [-0.05, 0) is 31.4 Å². The smallest absolute Gasteiger partial charge is 0.217 e. The Bertz CT molecular complexity index is 764. The van der Waals surface area contributed by atoms with Crippen LogP contribution in [0.3, 0.4) is 0 Å². The molecule has 8 heteroatoms. The Hall–Kier alpha value is -2.45. The number of aromatic nitrogens is 3. The fraction of sp³-hybridized carbons (Fsp3) is 0.526. The van der Waals surface area contributed by atoms with Crippen molar-refractivity contribution in [3.05, 3.63) is 30.5 Å². The molecule has 2 aromatic rings. The Labute approximate surface area is 158 Å². The van der Waals surface area contributed by atoms with Gasteiger partial charge in [0, 0.05) is 19.0 Å². The number of benzene rings is 1. The van der Waals surface area contributed by atoms with Crippen LogP contribution in [0.15, 0.2) is 30.5 Å². The lowest BCUT2D eigenvalue weighted by atomic mass is 9.97. The van der Waals surface area contributed by atoms with E-state index < -0.39 is 0 Å². The summed E-state index contributed by atoms with van der Waals surface area (Å²) in [4.78, 5) is 11.3. The zero-order chi connectivity index (χ0) is 19.2. The van der Waals surface area contributed by atoms with Crippen LogP contribution in [0, 0.1) is 0 Å². The highest BCUT2D eigenvalue weighted by molar-refractivity contribution is 5.73. The summed E-state index contributed by atoms with van der Waals surface area (Å²) in [6, 6.07) is 7.57. The number of hydrogen-bond acceptors (Lipinski definition) is 6. The Morgan fingerprint density at radius 1 is 1.44 bits per heavy atom. The van der Waals surface area contributed by atoms with Gasteiger partial charge < -0.3 is 19.9 Å². The molecule has 1 aromatic heterocycles. The molecule has 8 nitrogen and oxygen atoms in total. The molecule has 2 N–H and O–H groups in total. The molecule has 3 atom stereocenters. The Morgan fingerprint density at radius 3 is 3.04 bits per heavy atom. The molecule has 1 amide bonds. The van der Waals surface area contributed by atoms with E-state index in [0.29, 0.717) is 6.54 Å². The second-order valence-corrected chi connectivity index (χ2v) is 6.75. The van der Waals surface area contributed by atoms with Gasteiger partial charge >= 0.3 is 0 Å². The van der Waals surface area contributed by atoms with E-state index in [9.17, 15) is 9.90 Å². The van der Waals surface area contributed by atoms with E-state index in [1.165, 1.54) is 6.92 Å². The maximum absolute atomic E-state index is 11.3. The van der Waals surface area contributed by atoms with Crippen LogP contribution >= 0.6 is 0 Å². The van der Waals surface area contributed by atoms with E-state index in [1.807, 2.05) is 30.5 Å². The highest BCUT2D eigenvalue weighted by atomic mass is 16.5. The number of ether oxygens (including phenoxy) is 2. The summed E-state index contributed by atoms with van der Waals surface area (Å²) in [5.41, 5.74) is 1.74. The summed E-state index contributed by atoms with van der Waals surface area (Å²) >= 11 is 0. The standard InChI is InChI=1S/C19H26N4O4/c1-13(25)20-17-7-6-15(27-19(17)12-24)8-9-23-11-18(21-22-23)14-4-3-5-16(10-14)26-2/h3-5,10-11,15,17,19,24H,6-9,12H2,1-2H3,(H,20,25)/t15-,17-,19-/m1/s1. The third-order valence-corrected chi connectivity index (χ3v) is 4.77. The highest BCUT2D eigenvalue weighted by Crippen LogP contribution is 2.24. The number of aryl methyl sites for hydroxylation is 1. The van der Waals surface area contributed by atoms with Crippen LogP contribution in [-0.2, 0) is 16.1 Å². The van der Waals surface area contributed by atoms with Crippen LogP contribution in [0.5, 0.6) is 5.75 Å². The maximum atomic E-state index is 11.3. The number of methoxy groups -OCH3 is 1. The minimum absolute atomic E-state index is 0.0247. The summed E-state index contributed by atoms with van der Waals surface area (Å²) in [7, 11) is 1.64. The lowest BCUT2D eigenvalue weighted by Gasteiger charge is -2.36. The van der Waals surface area contributed by atoms with E-state index in [1.54, 1.807) is 11.8 Å². The number of aliphatic hydroxyl groups excluding tert-OH is 1. The van der Waals surface area contributed by atoms with Gasteiger partial charge in [-0.1, -0.05) is 17.3 Å². The zero-order valence-corrected chi connectivity index (χ0v) is 15.7. The van der Waals surface area contributed by atoms with E-state index >= 15 is 0 Å². The average Bonchev–Trinajstić information content (AvgIpc) is 3.16. The first kappa shape index (κ1) is 19.3. The molecule has 0 radical (unpaired) electrons. The van der Waals surface area contributed by atoms with E-state index in [0.717, 1.165) is 36.3 Å². The third kappa shape index (κ3) is 5.05. The zero-order valence-electron chi connectivity index (χ0n) is 15.7. The number of nitrogens with one attached hydrogen (secondary N) is 1. The molecular weight excluding hydrogens is 348 g/mol. The molecule has 1 saturated heterocycles. The predicted molar refractivity (Wildman–Crippen MR) is 99.2 cm³/mol. The fourth-order valence-corrected chi connectivity index (χ4v) is 3.37. The van der Waals surface area contributed by atoms with E-state index in [4.69, 9.17) is 9.47 Å². The topological polar surface area (TPSA) is 98.5 Å². The molecule has 1 aliphatic heterocycles. The molecule has 0 unspecified atom stereocenters. The van der Waals surface area contributed by atoms with Gasteiger partial charge in [0.25, 0.3) is 0 Å². The molecule has 0 aliphatic carbocycles. The Balaban J connectivity index is 1.55. The second-order valence-electron chi connectivity index (χ2n) is 6.75. The van der Waals surface area contributed by atoms with Crippen LogP contribution in [0.1, 0.15) is 26.2 Å². The van der Waals surface area contributed by atoms with Gasteiger partial charge in [-0.3, -0.25) is 9.48 Å². The van der Waals surface area contributed by atoms with Gasteiger partial charge in [0.2, 0.25) is 5.91 Å². The maximum Gasteiger partial charge on any atom is 0.217 e. The number of nitrogens with zero attached hydrogens (tertiary/aromatic N) is 3. The monoisotopic (exact) mass is 374 g/mol. The van der Waals surface area contributed by atoms with Gasteiger partial charge in [-0.2, -0.15) is 0 Å². The molecule has 1 aromatic carbocycles. The minimum Gasteiger partial charge on any atom is -0.497 e. The van der Waals surface area contributed by atoms with E-state index in [2.05, 4.69) is 15.6 Å². The number of carbonyl (C=O) groups is 1. The highest BCUT2D eigenvalue weighted by Gasteiger charge is 2.31. The minimum atomic E-state index is -0.365. The summed E-state index contributed by atoms with van der Waals surface area (Å²) in [6.07, 6.45) is 3.96. The van der Waals surface area contributed by atoms with Crippen LogP contribution in [-0.4, -0.2) is 58.0 Å². The number of rotatable bonds is 7. The van der Waals surface area contributed by atoms with Crippen molar-refractivity contribution in [2.24, 2.45) is 0 Å². The molecule has 2 heterocycles. The van der Waals surface area contributed by atoms with Gasteiger partial charge in [0.1, 0.15) is 17.5 Å². The van der Waals surface area contributed by atoms with Gasteiger partial charge in [0.15, 0.2) is 0 Å². The van der Waals surface area contributed by atoms with Gasteiger partial charge in [-0.25, -0.2) is 0 Å². The molecule has 3 rings (SSSR count). The molecule has 1 fully saturated rings. The molecule has 0 spiro atoms. The lowest BCUT2D eigenvalue weighted by Crippen LogP contribution is -2.50. The fourth-order valence-electron chi connectivity index (χ4n) is 3.37. The number of amides is 1. The van der Waals surface area contributed by atoms with Crippen molar-refractivity contribution in [3.63, 3.8) is 0 Å². The number of aliphatic hydroxyl groups is 1.